The molecule has 4 aromatic heterocycles. The second-order valence-electron chi connectivity index (χ2n) is 12.8. The molecule has 216 valence electrons. The molecule has 12 rings (SSSR count). The minimum atomic E-state index is -0.753. The van der Waals surface area contributed by atoms with E-state index in [1.807, 2.05) is 12.1 Å². The zero-order chi connectivity index (χ0) is 30.4. The van der Waals surface area contributed by atoms with Crippen LogP contribution in [0.4, 0.5) is 0 Å². The molecule has 1 spiro atoms. The van der Waals surface area contributed by atoms with Crippen molar-refractivity contribution in [3.05, 3.63) is 157 Å². The van der Waals surface area contributed by atoms with E-state index in [0.717, 1.165) is 77.4 Å². The molecule has 0 saturated carbocycles. The highest BCUT2D eigenvalue weighted by Crippen LogP contribution is 2.53. The van der Waals surface area contributed by atoms with Crippen molar-refractivity contribution in [2.24, 2.45) is 0 Å². The summed E-state index contributed by atoms with van der Waals surface area (Å²) in [5.74, 6) is 0. The first-order valence-corrected chi connectivity index (χ1v) is 16.1. The molecule has 6 heterocycles. The fraction of sp³-hybridized carbons (Fsp3) is 0.0233. The smallest absolute Gasteiger partial charge is 0.418 e. The number of rotatable bonds is 0. The lowest BCUT2D eigenvalue weighted by Crippen LogP contribution is -2.72. The van der Waals surface area contributed by atoms with E-state index < -0.39 is 5.66 Å². The predicted octanol–water partition coefficient (Wildman–Crippen LogP) is 9.63. The average Bonchev–Trinajstić information content (AvgIpc) is 3.86. The minimum Gasteiger partial charge on any atom is -0.455 e. The van der Waals surface area contributed by atoms with Gasteiger partial charge in [-0.1, -0.05) is 60.7 Å². The molecule has 0 aliphatic carbocycles. The van der Waals surface area contributed by atoms with Crippen LogP contribution in [0.5, 0.6) is 0 Å². The number of benzene rings is 6. The van der Waals surface area contributed by atoms with Crippen molar-refractivity contribution in [3.63, 3.8) is 0 Å². The number of hydrogen-bond acceptors (Lipinski definition) is 2. The minimum absolute atomic E-state index is 0.753. The van der Waals surface area contributed by atoms with Gasteiger partial charge in [0.1, 0.15) is 44.6 Å². The Labute approximate surface area is 267 Å². The van der Waals surface area contributed by atoms with Gasteiger partial charge in [-0.05, 0) is 60.7 Å². The molecular weight excluding hydrogens is 576 g/mol. The van der Waals surface area contributed by atoms with Crippen molar-refractivity contribution in [3.8, 4) is 22.5 Å². The van der Waals surface area contributed by atoms with Crippen LogP contribution in [0.1, 0.15) is 11.1 Å². The van der Waals surface area contributed by atoms with E-state index in [2.05, 4.69) is 143 Å². The molecule has 2 aliphatic heterocycles. The third-order valence-corrected chi connectivity index (χ3v) is 10.7. The number of hydrogen-bond donors (Lipinski definition) is 0. The van der Waals surface area contributed by atoms with Gasteiger partial charge in [0.25, 0.3) is 0 Å². The summed E-state index contributed by atoms with van der Waals surface area (Å²) in [4.78, 5) is 0. The van der Waals surface area contributed by atoms with Crippen molar-refractivity contribution in [1.29, 1.82) is 0 Å². The largest absolute Gasteiger partial charge is 0.455 e. The number of fused-ring (bicyclic) bond motifs is 22. The fourth-order valence-corrected chi connectivity index (χ4v) is 8.89. The number of para-hydroxylation sites is 4. The van der Waals surface area contributed by atoms with E-state index in [-0.39, 0.29) is 0 Å². The van der Waals surface area contributed by atoms with Gasteiger partial charge >= 0.3 is 5.66 Å². The van der Waals surface area contributed by atoms with Crippen LogP contribution in [0, 0.1) is 0 Å². The number of furan rings is 2. The van der Waals surface area contributed by atoms with Crippen LogP contribution < -0.4 is 9.13 Å². The molecule has 0 radical (unpaired) electrons. The van der Waals surface area contributed by atoms with Gasteiger partial charge in [-0.25, -0.2) is 0 Å². The molecule has 47 heavy (non-hydrogen) atoms. The third-order valence-electron chi connectivity index (χ3n) is 10.7. The SMILES string of the molecule is c1ccc2c(c1)ccc1[n+]2C2(c3ccc4c(oc5ccccc54)c3-1)c1ccc3c(oc4ccccc43)c1-c1ccc3ccccc3[n+]12. The van der Waals surface area contributed by atoms with E-state index in [1.54, 1.807) is 0 Å². The lowest BCUT2D eigenvalue weighted by Gasteiger charge is -2.19. The first kappa shape index (κ1) is 24.0. The molecule has 10 aromatic rings. The summed E-state index contributed by atoms with van der Waals surface area (Å²) in [6.07, 6.45) is 0. The second kappa shape index (κ2) is 8.11. The Morgan fingerprint density at radius 2 is 0.830 bits per heavy atom. The lowest BCUT2D eigenvalue weighted by molar-refractivity contribution is -0.933. The number of pyridine rings is 2. The van der Waals surface area contributed by atoms with Crippen LogP contribution in [0.15, 0.2) is 154 Å². The van der Waals surface area contributed by atoms with Crippen LogP contribution in [-0.2, 0) is 5.66 Å². The van der Waals surface area contributed by atoms with Gasteiger partial charge in [0.15, 0.2) is 0 Å². The Kier molecular flexibility index (Phi) is 4.15. The number of nitrogens with zero attached hydrogens (tertiary/aromatic N) is 2. The Bertz CT molecular complexity index is 2830. The molecule has 2 aliphatic rings. The Morgan fingerprint density at radius 1 is 0.383 bits per heavy atom. The number of aromatic nitrogens is 2. The molecule has 0 bridgehead atoms. The van der Waals surface area contributed by atoms with Crippen molar-refractivity contribution < 1.29 is 18.0 Å². The molecular formula is C43H24N2O2+2. The summed E-state index contributed by atoms with van der Waals surface area (Å²) in [6, 6.07) is 52.5. The van der Waals surface area contributed by atoms with Crippen LogP contribution >= 0.6 is 0 Å². The highest BCUT2D eigenvalue weighted by atomic mass is 16.3. The Morgan fingerprint density at radius 3 is 1.34 bits per heavy atom. The maximum Gasteiger partial charge on any atom is 0.418 e. The van der Waals surface area contributed by atoms with E-state index >= 15 is 0 Å². The van der Waals surface area contributed by atoms with Gasteiger partial charge in [0.05, 0.1) is 0 Å². The van der Waals surface area contributed by atoms with Crippen LogP contribution in [0.2, 0.25) is 0 Å². The topological polar surface area (TPSA) is 34.0 Å². The van der Waals surface area contributed by atoms with Crippen molar-refractivity contribution in [2.75, 3.05) is 0 Å². The second-order valence-corrected chi connectivity index (χ2v) is 12.8. The first-order chi connectivity index (χ1) is 23.3. The summed E-state index contributed by atoms with van der Waals surface area (Å²) in [5.41, 5.74) is 12.1. The van der Waals surface area contributed by atoms with Crippen LogP contribution in [0.3, 0.4) is 0 Å². The van der Waals surface area contributed by atoms with E-state index in [9.17, 15) is 0 Å². The van der Waals surface area contributed by atoms with Gasteiger partial charge < -0.3 is 8.83 Å². The van der Waals surface area contributed by atoms with E-state index in [0.29, 0.717) is 0 Å². The van der Waals surface area contributed by atoms with Gasteiger partial charge in [-0.15, -0.1) is 9.13 Å². The molecule has 0 fully saturated rings. The zero-order valence-corrected chi connectivity index (χ0v) is 25.1. The quantitative estimate of drug-likeness (QED) is 0.162. The molecule has 0 atom stereocenters. The highest BCUT2D eigenvalue weighted by molar-refractivity contribution is 6.12. The predicted molar refractivity (Wildman–Crippen MR) is 185 cm³/mol. The lowest BCUT2D eigenvalue weighted by atomic mass is 9.88. The molecule has 4 nitrogen and oxygen atoms in total. The monoisotopic (exact) mass is 600 g/mol. The van der Waals surface area contributed by atoms with Gasteiger partial charge in [-0.2, -0.15) is 0 Å². The standard InChI is InChI=1S/C43H24N2O2/c1-5-13-33-25(9-1)17-23-35-39-31(21-19-29-27-11-3-7-15-37(27)46-41(29)39)43(44(33)35)32-22-20-30-28-12-4-8-16-38(28)47-42(30)40(32)36-24-18-26-10-2-6-14-34(26)45(36)43/h1-24H/q+2. The fourth-order valence-electron chi connectivity index (χ4n) is 8.89. The first-order valence-electron chi connectivity index (χ1n) is 16.1. The molecule has 0 amide bonds. The molecule has 4 heteroatoms. The van der Waals surface area contributed by atoms with Gasteiger partial charge in [0.2, 0.25) is 22.4 Å². The summed E-state index contributed by atoms with van der Waals surface area (Å²) in [7, 11) is 0. The normalized spacial score (nSPS) is 14.1. The van der Waals surface area contributed by atoms with E-state index in [4.69, 9.17) is 8.83 Å². The Hall–Kier alpha value is -6.26. The summed E-state index contributed by atoms with van der Waals surface area (Å²) in [6.45, 7) is 0. The van der Waals surface area contributed by atoms with Gasteiger partial charge in [-0.3, -0.25) is 0 Å². The van der Waals surface area contributed by atoms with Crippen molar-refractivity contribution in [2.45, 2.75) is 5.66 Å². The van der Waals surface area contributed by atoms with Crippen LogP contribution in [0.25, 0.3) is 88.2 Å². The molecule has 0 saturated heterocycles. The zero-order valence-electron chi connectivity index (χ0n) is 25.1. The highest BCUT2D eigenvalue weighted by Gasteiger charge is 2.69. The molecule has 0 N–H and O–H groups in total. The van der Waals surface area contributed by atoms with Crippen LogP contribution in [-0.4, -0.2) is 0 Å². The van der Waals surface area contributed by atoms with E-state index in [1.165, 1.54) is 21.9 Å². The molecule has 0 unspecified atom stereocenters. The molecule has 6 aromatic carbocycles. The summed E-state index contributed by atoms with van der Waals surface area (Å²) < 4.78 is 18.7. The summed E-state index contributed by atoms with van der Waals surface area (Å²) in [5, 5.41) is 6.89. The average molecular weight is 601 g/mol. The third kappa shape index (κ3) is 2.66. The summed E-state index contributed by atoms with van der Waals surface area (Å²) >= 11 is 0. The van der Waals surface area contributed by atoms with Crippen molar-refractivity contribution in [1.82, 2.24) is 0 Å². The maximum absolute atomic E-state index is 6.80. The Balaban J connectivity index is 1.37. The van der Waals surface area contributed by atoms with Gasteiger partial charge in [0, 0.05) is 56.6 Å². The van der Waals surface area contributed by atoms with Crippen molar-refractivity contribution >= 4 is 65.7 Å². The maximum atomic E-state index is 6.80.